The maximum Gasteiger partial charge on any atom is 0.0860 e. The van der Waals surface area contributed by atoms with Crippen molar-refractivity contribution in [1.82, 2.24) is 0 Å². The van der Waals surface area contributed by atoms with Crippen molar-refractivity contribution in [2.45, 2.75) is 38.9 Å². The van der Waals surface area contributed by atoms with Crippen LogP contribution in [-0.4, -0.2) is 35.1 Å². The molecule has 1 aliphatic heterocycles. The first-order chi connectivity index (χ1) is 5.02. The zero-order chi connectivity index (χ0) is 8.91. The second-order valence-electron chi connectivity index (χ2n) is 3.29. The Hall–Kier alpha value is -0.120. The van der Waals surface area contributed by atoms with Crippen LogP contribution in [0.15, 0.2) is 0 Å². The molecule has 1 saturated heterocycles. The third-order valence-corrected chi connectivity index (χ3v) is 1.40. The Morgan fingerprint density at radius 1 is 1.55 bits per heavy atom. The van der Waals surface area contributed by atoms with Crippen LogP contribution in [0.4, 0.5) is 0 Å². The van der Waals surface area contributed by atoms with E-state index in [4.69, 9.17) is 14.9 Å². The van der Waals surface area contributed by atoms with Gasteiger partial charge in [0.15, 0.2) is 0 Å². The minimum absolute atomic E-state index is 0.115. The van der Waals surface area contributed by atoms with Crippen molar-refractivity contribution in [3.05, 3.63) is 0 Å². The number of hydrogen-bond acceptors (Lipinski definition) is 3. The van der Waals surface area contributed by atoms with E-state index in [1.807, 2.05) is 6.92 Å². The first-order valence-corrected chi connectivity index (χ1v) is 3.94. The molecule has 0 aromatic carbocycles. The highest BCUT2D eigenvalue weighted by Gasteiger charge is 2.32. The second-order valence-corrected chi connectivity index (χ2v) is 3.29. The van der Waals surface area contributed by atoms with E-state index in [-0.39, 0.29) is 12.2 Å². The zero-order valence-electron chi connectivity index (χ0n) is 7.50. The average Bonchev–Trinajstić information content (AvgIpc) is 2.65. The van der Waals surface area contributed by atoms with Gasteiger partial charge in [-0.2, -0.15) is 0 Å². The molecule has 0 saturated carbocycles. The topological polar surface area (TPSA) is 53.0 Å². The molecule has 68 valence electrons. The average molecular weight is 162 g/mol. The van der Waals surface area contributed by atoms with E-state index in [0.717, 1.165) is 6.61 Å². The summed E-state index contributed by atoms with van der Waals surface area (Å²) in [7, 11) is 0. The van der Waals surface area contributed by atoms with Crippen molar-refractivity contribution < 1.29 is 14.9 Å². The van der Waals surface area contributed by atoms with Gasteiger partial charge in [-0.05, 0) is 20.3 Å². The van der Waals surface area contributed by atoms with Crippen LogP contribution in [0, 0.1) is 0 Å². The van der Waals surface area contributed by atoms with Crippen LogP contribution in [0.1, 0.15) is 27.2 Å². The smallest absolute Gasteiger partial charge is 0.0860 e. The van der Waals surface area contributed by atoms with E-state index in [1.165, 1.54) is 0 Å². The highest BCUT2D eigenvalue weighted by molar-refractivity contribution is 4.79. The third-order valence-electron chi connectivity index (χ3n) is 1.40. The van der Waals surface area contributed by atoms with Gasteiger partial charge in [0, 0.05) is 0 Å². The van der Waals surface area contributed by atoms with E-state index in [1.54, 1.807) is 0 Å². The van der Waals surface area contributed by atoms with Crippen molar-refractivity contribution in [2.75, 3.05) is 13.2 Å². The standard InChI is InChI=1S/C4H10O2.C4H8O/c1-2-4(6)3-5;1-4(2)3-5-4/h4-6H,2-3H2,1H3;3H2,1-2H3. The molecule has 0 aliphatic carbocycles. The number of epoxide rings is 1. The summed E-state index contributed by atoms with van der Waals surface area (Å²) >= 11 is 0. The van der Waals surface area contributed by atoms with Crippen molar-refractivity contribution in [3.63, 3.8) is 0 Å². The molecule has 2 N–H and O–H groups in total. The number of aliphatic hydroxyl groups is 2. The lowest BCUT2D eigenvalue weighted by atomic mass is 10.3. The van der Waals surface area contributed by atoms with Gasteiger partial charge in [0.25, 0.3) is 0 Å². The van der Waals surface area contributed by atoms with E-state index < -0.39 is 6.10 Å². The van der Waals surface area contributed by atoms with Gasteiger partial charge in [-0.1, -0.05) is 6.92 Å². The van der Waals surface area contributed by atoms with E-state index >= 15 is 0 Å². The van der Waals surface area contributed by atoms with Gasteiger partial charge >= 0.3 is 0 Å². The molecule has 3 heteroatoms. The fraction of sp³-hybridized carbons (Fsp3) is 1.00. The van der Waals surface area contributed by atoms with Crippen LogP contribution in [-0.2, 0) is 4.74 Å². The van der Waals surface area contributed by atoms with Gasteiger partial charge in [-0.25, -0.2) is 0 Å². The molecule has 1 unspecified atom stereocenters. The third kappa shape index (κ3) is 7.78. The molecule has 1 atom stereocenters. The summed E-state index contributed by atoms with van der Waals surface area (Å²) in [6, 6.07) is 0. The number of aliphatic hydroxyl groups excluding tert-OH is 2. The monoisotopic (exact) mass is 162 g/mol. The molecule has 1 fully saturated rings. The van der Waals surface area contributed by atoms with Crippen LogP contribution in [0.5, 0.6) is 0 Å². The fourth-order valence-electron chi connectivity index (χ4n) is 0.273. The predicted molar refractivity (Wildman–Crippen MR) is 43.4 cm³/mol. The van der Waals surface area contributed by atoms with Crippen molar-refractivity contribution in [2.24, 2.45) is 0 Å². The molecule has 0 aromatic heterocycles. The lowest BCUT2D eigenvalue weighted by molar-refractivity contribution is 0.0923. The summed E-state index contributed by atoms with van der Waals surface area (Å²) in [5.41, 5.74) is 0.250. The Balaban J connectivity index is 0.000000183. The van der Waals surface area contributed by atoms with Crippen LogP contribution < -0.4 is 0 Å². The van der Waals surface area contributed by atoms with Crippen LogP contribution in [0.2, 0.25) is 0 Å². The summed E-state index contributed by atoms with van der Waals surface area (Å²) in [6.07, 6.45) is 0.126. The Morgan fingerprint density at radius 2 is 1.91 bits per heavy atom. The molecule has 1 aliphatic rings. The molecule has 1 heterocycles. The van der Waals surface area contributed by atoms with Crippen molar-refractivity contribution >= 4 is 0 Å². The minimum atomic E-state index is -0.509. The Labute approximate surface area is 68.0 Å². The lowest BCUT2D eigenvalue weighted by Crippen LogP contribution is -2.08. The Kier molecular flexibility index (Phi) is 4.65. The number of rotatable bonds is 2. The Bertz CT molecular complexity index is 91.5. The van der Waals surface area contributed by atoms with Crippen molar-refractivity contribution in [1.29, 1.82) is 0 Å². The maximum absolute atomic E-state index is 8.42. The highest BCUT2D eigenvalue weighted by Crippen LogP contribution is 2.23. The summed E-state index contributed by atoms with van der Waals surface area (Å²) < 4.78 is 4.90. The van der Waals surface area contributed by atoms with Gasteiger partial charge in [0.1, 0.15) is 0 Å². The summed E-state index contributed by atoms with van der Waals surface area (Å²) in [4.78, 5) is 0. The lowest BCUT2D eigenvalue weighted by Gasteiger charge is -1.97. The molecular formula is C8H18O3. The first kappa shape index (κ1) is 10.9. The highest BCUT2D eigenvalue weighted by atomic mass is 16.6. The normalized spacial score (nSPS) is 21.5. The van der Waals surface area contributed by atoms with Crippen molar-refractivity contribution in [3.8, 4) is 0 Å². The van der Waals surface area contributed by atoms with Gasteiger partial charge in [-0.3, -0.25) is 0 Å². The summed E-state index contributed by atoms with van der Waals surface area (Å²) in [6.45, 7) is 6.81. The number of hydrogen-bond donors (Lipinski definition) is 2. The van der Waals surface area contributed by atoms with E-state index in [0.29, 0.717) is 6.42 Å². The summed E-state index contributed by atoms with van der Waals surface area (Å²) in [5.74, 6) is 0. The molecule has 0 radical (unpaired) electrons. The minimum Gasteiger partial charge on any atom is -0.394 e. The molecule has 0 amide bonds. The van der Waals surface area contributed by atoms with Crippen LogP contribution in [0.3, 0.4) is 0 Å². The molecule has 1 rings (SSSR count). The molecular weight excluding hydrogens is 144 g/mol. The predicted octanol–water partition coefficient (Wildman–Crippen LogP) is 0.545. The fourth-order valence-corrected chi connectivity index (χ4v) is 0.273. The molecule has 0 aromatic rings. The maximum atomic E-state index is 8.42. The largest absolute Gasteiger partial charge is 0.394 e. The van der Waals surface area contributed by atoms with E-state index in [9.17, 15) is 0 Å². The van der Waals surface area contributed by atoms with E-state index in [2.05, 4.69) is 13.8 Å². The molecule has 0 bridgehead atoms. The Morgan fingerprint density at radius 3 is 1.91 bits per heavy atom. The number of ether oxygens (including phenoxy) is 1. The van der Waals surface area contributed by atoms with Gasteiger partial charge in [-0.15, -0.1) is 0 Å². The van der Waals surface area contributed by atoms with Gasteiger partial charge < -0.3 is 14.9 Å². The van der Waals surface area contributed by atoms with Crippen LogP contribution >= 0.6 is 0 Å². The second kappa shape index (κ2) is 4.70. The van der Waals surface area contributed by atoms with Gasteiger partial charge in [0.2, 0.25) is 0 Å². The SMILES string of the molecule is CC1(C)CO1.CCC(O)CO. The zero-order valence-corrected chi connectivity index (χ0v) is 7.50. The molecule has 3 nitrogen and oxygen atoms in total. The van der Waals surface area contributed by atoms with Crippen LogP contribution in [0.25, 0.3) is 0 Å². The summed E-state index contributed by atoms with van der Waals surface area (Å²) in [5, 5.41) is 16.5. The van der Waals surface area contributed by atoms with Gasteiger partial charge in [0.05, 0.1) is 24.9 Å². The first-order valence-electron chi connectivity index (χ1n) is 3.94. The quantitative estimate of drug-likeness (QED) is 0.583. The molecule has 11 heavy (non-hydrogen) atoms. The molecule has 0 spiro atoms.